The molecule has 0 aliphatic carbocycles. The van der Waals surface area contributed by atoms with Gasteiger partial charge in [0.15, 0.2) is 0 Å². The molecule has 5 heteroatoms. The Morgan fingerprint density at radius 2 is 1.92 bits per heavy atom. The van der Waals surface area contributed by atoms with Crippen molar-refractivity contribution in [2.75, 3.05) is 7.11 Å². The molecule has 2 aromatic carbocycles. The van der Waals surface area contributed by atoms with Crippen molar-refractivity contribution in [3.8, 4) is 11.4 Å². The molecule has 0 radical (unpaired) electrons. The highest BCUT2D eigenvalue weighted by atomic mass is 16.5. The maximum absolute atomic E-state index is 12.5. The molecule has 0 spiro atoms. The van der Waals surface area contributed by atoms with E-state index in [0.717, 1.165) is 11.3 Å². The molecule has 5 nitrogen and oxygen atoms in total. The number of carbonyl (C=O) groups excluding carboxylic acids is 1. The van der Waals surface area contributed by atoms with Gasteiger partial charge >= 0.3 is 0 Å². The van der Waals surface area contributed by atoms with E-state index in [-0.39, 0.29) is 11.9 Å². The average molecular weight is 321 g/mol. The van der Waals surface area contributed by atoms with Crippen molar-refractivity contribution >= 4 is 5.91 Å². The molecule has 0 saturated carbocycles. The molecule has 1 heterocycles. The quantitative estimate of drug-likeness (QED) is 0.784. The first-order valence-corrected chi connectivity index (χ1v) is 7.71. The average Bonchev–Trinajstić information content (AvgIpc) is 3.16. The number of hydrogen-bond acceptors (Lipinski definition) is 3. The number of ether oxygens (including phenoxy) is 1. The Morgan fingerprint density at radius 3 is 2.58 bits per heavy atom. The van der Waals surface area contributed by atoms with Crippen LogP contribution >= 0.6 is 0 Å². The summed E-state index contributed by atoms with van der Waals surface area (Å²) < 4.78 is 7.17. The van der Waals surface area contributed by atoms with E-state index < -0.39 is 0 Å². The fraction of sp³-hybridized carbons (Fsp3) is 0.158. The smallest absolute Gasteiger partial charge is 0.255 e. The Balaban J connectivity index is 1.72. The number of aromatic nitrogens is 2. The highest BCUT2D eigenvalue weighted by Crippen LogP contribution is 2.20. The summed E-state index contributed by atoms with van der Waals surface area (Å²) in [7, 11) is 1.56. The lowest BCUT2D eigenvalue weighted by molar-refractivity contribution is 0.0937. The fourth-order valence-electron chi connectivity index (χ4n) is 2.54. The number of nitrogens with one attached hydrogen (secondary N) is 1. The second-order valence-corrected chi connectivity index (χ2v) is 5.46. The van der Waals surface area contributed by atoms with Crippen LogP contribution in [0.1, 0.15) is 28.9 Å². The van der Waals surface area contributed by atoms with Crippen LogP contribution in [0.4, 0.5) is 0 Å². The van der Waals surface area contributed by atoms with Crippen molar-refractivity contribution in [1.29, 1.82) is 0 Å². The lowest BCUT2D eigenvalue weighted by Crippen LogP contribution is -2.27. The molecule has 1 aromatic heterocycles. The largest absolute Gasteiger partial charge is 0.496 e. The number of carbonyl (C=O) groups is 1. The Morgan fingerprint density at radius 1 is 1.17 bits per heavy atom. The van der Waals surface area contributed by atoms with Crippen molar-refractivity contribution in [2.24, 2.45) is 0 Å². The Hall–Kier alpha value is -3.08. The van der Waals surface area contributed by atoms with Crippen LogP contribution in [-0.2, 0) is 0 Å². The zero-order valence-electron chi connectivity index (χ0n) is 13.6. The Labute approximate surface area is 140 Å². The van der Waals surface area contributed by atoms with Crippen LogP contribution in [0.25, 0.3) is 5.69 Å². The third kappa shape index (κ3) is 3.30. The van der Waals surface area contributed by atoms with Crippen LogP contribution in [0.15, 0.2) is 67.3 Å². The van der Waals surface area contributed by atoms with Crippen LogP contribution in [0.5, 0.6) is 5.75 Å². The summed E-state index contributed by atoms with van der Waals surface area (Å²) in [5, 5.41) is 3.00. The van der Waals surface area contributed by atoms with Crippen LogP contribution < -0.4 is 10.1 Å². The van der Waals surface area contributed by atoms with Gasteiger partial charge in [0.05, 0.1) is 25.0 Å². The maximum atomic E-state index is 12.5. The number of methoxy groups -OCH3 is 1. The summed E-state index contributed by atoms with van der Waals surface area (Å²) in [6.45, 7) is 1.96. The van der Waals surface area contributed by atoms with E-state index >= 15 is 0 Å². The zero-order chi connectivity index (χ0) is 16.9. The topological polar surface area (TPSA) is 56.1 Å². The zero-order valence-corrected chi connectivity index (χ0v) is 13.6. The number of para-hydroxylation sites is 1. The summed E-state index contributed by atoms with van der Waals surface area (Å²) in [6, 6.07) is 15.1. The summed E-state index contributed by atoms with van der Waals surface area (Å²) in [5.41, 5.74) is 2.59. The molecule has 3 rings (SSSR count). The maximum Gasteiger partial charge on any atom is 0.255 e. The first-order valence-electron chi connectivity index (χ1n) is 7.71. The van der Waals surface area contributed by atoms with Crippen LogP contribution in [0.2, 0.25) is 0 Å². The highest BCUT2D eigenvalue weighted by molar-refractivity contribution is 5.97. The molecular formula is C19H19N3O2. The summed E-state index contributed by atoms with van der Waals surface area (Å²) in [4.78, 5) is 16.5. The lowest BCUT2D eigenvalue weighted by atomic mass is 10.1. The molecular weight excluding hydrogens is 302 g/mol. The lowest BCUT2D eigenvalue weighted by Gasteiger charge is -2.16. The number of amides is 1. The van der Waals surface area contributed by atoms with Crippen molar-refractivity contribution in [3.05, 3.63) is 78.4 Å². The van der Waals surface area contributed by atoms with Crippen LogP contribution in [0.3, 0.4) is 0 Å². The van der Waals surface area contributed by atoms with E-state index in [2.05, 4.69) is 10.3 Å². The van der Waals surface area contributed by atoms with Gasteiger partial charge in [0.25, 0.3) is 5.91 Å². The molecule has 3 aromatic rings. The molecule has 0 fully saturated rings. The van der Waals surface area contributed by atoms with Gasteiger partial charge in [0, 0.05) is 18.1 Å². The van der Waals surface area contributed by atoms with Crippen molar-refractivity contribution in [1.82, 2.24) is 14.9 Å². The number of benzene rings is 2. The molecule has 0 bridgehead atoms. The molecule has 0 saturated heterocycles. The van der Waals surface area contributed by atoms with E-state index in [4.69, 9.17) is 4.74 Å². The number of rotatable bonds is 5. The van der Waals surface area contributed by atoms with Crippen molar-refractivity contribution in [2.45, 2.75) is 13.0 Å². The van der Waals surface area contributed by atoms with Crippen LogP contribution in [-0.4, -0.2) is 22.6 Å². The monoisotopic (exact) mass is 321 g/mol. The third-order valence-electron chi connectivity index (χ3n) is 3.89. The molecule has 0 unspecified atom stereocenters. The minimum Gasteiger partial charge on any atom is -0.496 e. The van der Waals surface area contributed by atoms with Crippen molar-refractivity contribution in [3.63, 3.8) is 0 Å². The highest BCUT2D eigenvalue weighted by Gasteiger charge is 2.15. The van der Waals surface area contributed by atoms with Gasteiger partial charge < -0.3 is 14.6 Å². The van der Waals surface area contributed by atoms with Gasteiger partial charge in [0.2, 0.25) is 0 Å². The number of hydrogen-bond donors (Lipinski definition) is 1. The molecule has 0 aliphatic rings. The third-order valence-corrected chi connectivity index (χ3v) is 3.89. The molecule has 0 aliphatic heterocycles. The van der Waals surface area contributed by atoms with Gasteiger partial charge in [-0.25, -0.2) is 4.98 Å². The molecule has 1 N–H and O–H groups in total. The van der Waals surface area contributed by atoms with Gasteiger partial charge in [-0.2, -0.15) is 0 Å². The number of imidazole rings is 1. The van der Waals surface area contributed by atoms with Crippen LogP contribution in [0, 0.1) is 0 Å². The second kappa shape index (κ2) is 7.00. The summed E-state index contributed by atoms with van der Waals surface area (Å²) in [5.74, 6) is 0.413. The summed E-state index contributed by atoms with van der Waals surface area (Å²) >= 11 is 0. The normalized spacial score (nSPS) is 11.8. The fourth-order valence-corrected chi connectivity index (χ4v) is 2.54. The minimum atomic E-state index is -0.154. The van der Waals surface area contributed by atoms with Gasteiger partial charge in [-0.05, 0) is 36.8 Å². The molecule has 122 valence electrons. The van der Waals surface area contributed by atoms with E-state index in [9.17, 15) is 4.79 Å². The van der Waals surface area contributed by atoms with Gasteiger partial charge in [-0.1, -0.05) is 24.3 Å². The van der Waals surface area contributed by atoms with E-state index in [1.165, 1.54) is 0 Å². The molecule has 1 atom stereocenters. The van der Waals surface area contributed by atoms with E-state index in [0.29, 0.717) is 11.3 Å². The second-order valence-electron chi connectivity index (χ2n) is 5.46. The predicted molar refractivity (Wildman–Crippen MR) is 92.4 cm³/mol. The van der Waals surface area contributed by atoms with Gasteiger partial charge in [-0.3, -0.25) is 4.79 Å². The first-order chi connectivity index (χ1) is 11.7. The molecule has 24 heavy (non-hydrogen) atoms. The first kappa shape index (κ1) is 15.8. The van der Waals surface area contributed by atoms with E-state index in [1.54, 1.807) is 31.8 Å². The summed E-state index contributed by atoms with van der Waals surface area (Å²) in [6.07, 6.45) is 5.38. The Kier molecular flexibility index (Phi) is 4.61. The van der Waals surface area contributed by atoms with E-state index in [1.807, 2.05) is 54.1 Å². The van der Waals surface area contributed by atoms with Gasteiger partial charge in [0.1, 0.15) is 5.75 Å². The Bertz CT molecular complexity index is 811. The minimum absolute atomic E-state index is 0.112. The standard InChI is InChI=1S/C19H19N3O2/c1-14(21-19(23)17-5-3-4-6-18(17)24-2)15-7-9-16(10-8-15)22-12-11-20-13-22/h3-14H,1-2H3,(H,21,23)/t14-/m1/s1. The van der Waals surface area contributed by atoms with Gasteiger partial charge in [-0.15, -0.1) is 0 Å². The molecule has 1 amide bonds. The van der Waals surface area contributed by atoms with Crippen molar-refractivity contribution < 1.29 is 9.53 Å². The SMILES string of the molecule is COc1ccccc1C(=O)N[C@H](C)c1ccc(-n2ccnc2)cc1. The number of nitrogens with zero attached hydrogens (tertiary/aromatic N) is 2. The predicted octanol–water partition coefficient (Wildman–Crippen LogP) is 3.37.